The molecule has 0 spiro atoms. The molecule has 1 N–H and O–H groups in total. The van der Waals surface area contributed by atoms with Crippen LogP contribution in [-0.4, -0.2) is 30.9 Å². The summed E-state index contributed by atoms with van der Waals surface area (Å²) < 4.78 is 62.9. The van der Waals surface area contributed by atoms with E-state index in [-0.39, 0.29) is 5.16 Å². The lowest BCUT2D eigenvalue weighted by Gasteiger charge is -2.13. The number of nitrogens with one attached hydrogen (secondary N) is 1. The average Bonchev–Trinajstić information content (AvgIpc) is 2.51. The number of H-pyrrole nitrogens is 1. The maximum absolute atomic E-state index is 13.0. The molecule has 0 aliphatic carbocycles. The number of alkyl halides is 3. The van der Waals surface area contributed by atoms with Crippen molar-refractivity contribution in [1.82, 2.24) is 9.97 Å². The molecule has 2 rings (SSSR count). The molecule has 1 aromatic carbocycles. The molecule has 0 saturated carbocycles. The summed E-state index contributed by atoms with van der Waals surface area (Å²) in [6.45, 7) is 0. The number of nitriles is 1. The van der Waals surface area contributed by atoms with Gasteiger partial charge in [-0.1, -0.05) is 11.8 Å². The van der Waals surface area contributed by atoms with Gasteiger partial charge in [0.05, 0.1) is 16.2 Å². The molecule has 0 bridgehead atoms. The van der Waals surface area contributed by atoms with Crippen LogP contribution in [-0.2, 0) is 16.0 Å². The summed E-state index contributed by atoms with van der Waals surface area (Å²) in [7, 11) is -3.94. The van der Waals surface area contributed by atoms with Crippen molar-refractivity contribution in [2.45, 2.75) is 16.2 Å². The summed E-state index contributed by atoms with van der Waals surface area (Å²) in [5.74, 6) is 0. The third kappa shape index (κ3) is 3.85. The van der Waals surface area contributed by atoms with Gasteiger partial charge in [0.25, 0.3) is 5.56 Å². The number of hydrogen-bond acceptors (Lipinski definition) is 6. The number of nitrogens with zero attached hydrogens (tertiary/aromatic N) is 2. The van der Waals surface area contributed by atoms with Crippen molar-refractivity contribution in [3.8, 4) is 17.3 Å². The topological polar surface area (TPSA) is 104 Å². The van der Waals surface area contributed by atoms with Crippen LogP contribution in [0, 0.1) is 11.3 Å². The van der Waals surface area contributed by atoms with Crippen molar-refractivity contribution in [3.63, 3.8) is 0 Å². The number of aromatic amines is 1. The van der Waals surface area contributed by atoms with Crippen LogP contribution in [0.5, 0.6) is 0 Å². The van der Waals surface area contributed by atoms with Gasteiger partial charge < -0.3 is 4.98 Å². The van der Waals surface area contributed by atoms with E-state index >= 15 is 0 Å². The second-order valence-electron chi connectivity index (χ2n) is 4.89. The molecule has 0 aliphatic rings. The van der Waals surface area contributed by atoms with Crippen LogP contribution in [0.25, 0.3) is 11.3 Å². The molecule has 6 nitrogen and oxygen atoms in total. The predicted octanol–water partition coefficient (Wildman–Crippen LogP) is 2.45. The number of aromatic nitrogens is 2. The van der Waals surface area contributed by atoms with Crippen LogP contribution >= 0.6 is 11.8 Å². The molecule has 2 aromatic rings. The van der Waals surface area contributed by atoms with E-state index in [1.807, 2.05) is 0 Å². The quantitative estimate of drug-likeness (QED) is 0.639. The van der Waals surface area contributed by atoms with E-state index in [1.54, 1.807) is 12.3 Å². The molecular weight excluding hydrogens is 379 g/mol. The summed E-state index contributed by atoms with van der Waals surface area (Å²) in [6, 6.07) is 3.54. The minimum Gasteiger partial charge on any atom is -0.300 e. The van der Waals surface area contributed by atoms with E-state index in [2.05, 4.69) is 9.97 Å². The molecule has 11 heteroatoms. The number of rotatable bonds is 3. The summed E-state index contributed by atoms with van der Waals surface area (Å²) in [6.07, 6.45) is -2.37. The standard InChI is InChI=1S/C14H10F3N3O3S2/c1-24-13-19-11(9(6-18)12(21)20-13)8-5-7(14(15,16)17)3-4-10(8)25(2,22)23/h3-5H,1-2H3,(H,19,20,21). The fourth-order valence-corrected chi connectivity index (χ4v) is 3.31. The largest absolute Gasteiger partial charge is 0.416 e. The van der Waals surface area contributed by atoms with Gasteiger partial charge in [-0.25, -0.2) is 13.4 Å². The lowest BCUT2D eigenvalue weighted by Crippen LogP contribution is -2.16. The zero-order chi connectivity index (χ0) is 19.0. The summed E-state index contributed by atoms with van der Waals surface area (Å²) in [4.78, 5) is 17.7. The van der Waals surface area contributed by atoms with Crippen molar-refractivity contribution in [2.75, 3.05) is 12.5 Å². The van der Waals surface area contributed by atoms with Gasteiger partial charge in [0.1, 0.15) is 11.6 Å². The minimum atomic E-state index is -4.73. The summed E-state index contributed by atoms with van der Waals surface area (Å²) in [5.41, 5.74) is -3.42. The molecule has 0 radical (unpaired) electrons. The van der Waals surface area contributed by atoms with Gasteiger partial charge in [0, 0.05) is 11.8 Å². The Labute approximate surface area is 144 Å². The summed E-state index contributed by atoms with van der Waals surface area (Å²) >= 11 is 0.986. The van der Waals surface area contributed by atoms with Gasteiger partial charge >= 0.3 is 6.18 Å². The number of halogens is 3. The van der Waals surface area contributed by atoms with Gasteiger partial charge in [0.15, 0.2) is 15.0 Å². The molecular formula is C14H10F3N3O3S2. The van der Waals surface area contributed by atoms with Crippen molar-refractivity contribution in [3.05, 3.63) is 39.7 Å². The maximum atomic E-state index is 13.0. The molecule has 1 heterocycles. The Morgan fingerprint density at radius 3 is 2.44 bits per heavy atom. The molecule has 1 aromatic heterocycles. The van der Waals surface area contributed by atoms with E-state index in [9.17, 15) is 26.4 Å². The molecule has 0 saturated heterocycles. The predicted molar refractivity (Wildman–Crippen MR) is 84.9 cm³/mol. The highest BCUT2D eigenvalue weighted by Crippen LogP contribution is 2.35. The normalized spacial score (nSPS) is 12.0. The first kappa shape index (κ1) is 19.0. The number of thioether (sulfide) groups is 1. The van der Waals surface area contributed by atoms with Crippen LogP contribution in [0.3, 0.4) is 0 Å². The second kappa shape index (κ2) is 6.53. The summed E-state index contributed by atoms with van der Waals surface area (Å²) in [5, 5.41) is 9.20. The number of benzene rings is 1. The van der Waals surface area contributed by atoms with Crippen LogP contribution in [0.2, 0.25) is 0 Å². The second-order valence-corrected chi connectivity index (χ2v) is 7.67. The molecule has 0 atom stereocenters. The SMILES string of the molecule is CSc1nc(-c2cc(C(F)(F)F)ccc2S(C)(=O)=O)c(C#N)c(=O)[nH]1. The van der Waals surface area contributed by atoms with Crippen molar-refractivity contribution >= 4 is 21.6 Å². The highest BCUT2D eigenvalue weighted by molar-refractivity contribution is 7.98. The lowest BCUT2D eigenvalue weighted by atomic mass is 10.0. The molecule has 0 unspecified atom stereocenters. The first-order valence-electron chi connectivity index (χ1n) is 6.49. The van der Waals surface area contributed by atoms with Crippen LogP contribution in [0.1, 0.15) is 11.1 Å². The van der Waals surface area contributed by atoms with E-state index in [0.29, 0.717) is 12.1 Å². The Balaban J connectivity index is 2.97. The highest BCUT2D eigenvalue weighted by atomic mass is 32.2. The van der Waals surface area contributed by atoms with Crippen molar-refractivity contribution in [1.29, 1.82) is 5.26 Å². The van der Waals surface area contributed by atoms with E-state index in [1.165, 1.54) is 0 Å². The molecule has 0 amide bonds. The monoisotopic (exact) mass is 389 g/mol. The zero-order valence-corrected chi connectivity index (χ0v) is 14.4. The van der Waals surface area contributed by atoms with Gasteiger partial charge in [-0.2, -0.15) is 18.4 Å². The van der Waals surface area contributed by atoms with Gasteiger partial charge in [-0.05, 0) is 24.5 Å². The van der Waals surface area contributed by atoms with Crippen molar-refractivity contribution in [2.24, 2.45) is 0 Å². The van der Waals surface area contributed by atoms with Gasteiger partial charge in [-0.3, -0.25) is 4.79 Å². The fraction of sp³-hybridized carbons (Fsp3) is 0.214. The molecule has 132 valence electrons. The van der Waals surface area contributed by atoms with Gasteiger partial charge in [-0.15, -0.1) is 0 Å². The van der Waals surface area contributed by atoms with E-state index < -0.39 is 48.9 Å². The highest BCUT2D eigenvalue weighted by Gasteiger charge is 2.33. The van der Waals surface area contributed by atoms with Crippen LogP contribution < -0.4 is 5.56 Å². The minimum absolute atomic E-state index is 0.0378. The van der Waals surface area contributed by atoms with E-state index in [4.69, 9.17) is 5.26 Å². The smallest absolute Gasteiger partial charge is 0.300 e. The molecule has 25 heavy (non-hydrogen) atoms. The fourth-order valence-electron chi connectivity index (χ4n) is 2.06. The number of sulfone groups is 1. The molecule has 0 aliphatic heterocycles. The maximum Gasteiger partial charge on any atom is 0.416 e. The Kier molecular flexibility index (Phi) is 4.97. The van der Waals surface area contributed by atoms with Gasteiger partial charge in [0.2, 0.25) is 0 Å². The van der Waals surface area contributed by atoms with Crippen molar-refractivity contribution < 1.29 is 21.6 Å². The first-order chi connectivity index (χ1) is 11.5. The van der Waals surface area contributed by atoms with E-state index in [0.717, 1.165) is 24.1 Å². The third-order valence-electron chi connectivity index (χ3n) is 3.16. The Morgan fingerprint density at radius 1 is 1.32 bits per heavy atom. The Bertz CT molecular complexity index is 1040. The lowest BCUT2D eigenvalue weighted by molar-refractivity contribution is -0.137. The van der Waals surface area contributed by atoms with Crippen LogP contribution in [0.15, 0.2) is 33.0 Å². The first-order valence-corrected chi connectivity index (χ1v) is 9.60. The van der Waals surface area contributed by atoms with Crippen LogP contribution in [0.4, 0.5) is 13.2 Å². The average molecular weight is 389 g/mol. The Hall–Kier alpha value is -2.32. The zero-order valence-electron chi connectivity index (χ0n) is 12.8. The third-order valence-corrected chi connectivity index (χ3v) is 4.90. The number of hydrogen-bond donors (Lipinski definition) is 1. The Morgan fingerprint density at radius 2 is 1.96 bits per heavy atom. The molecule has 0 fully saturated rings.